The highest BCUT2D eigenvalue weighted by molar-refractivity contribution is 6.05. The summed E-state index contributed by atoms with van der Waals surface area (Å²) < 4.78 is 1.78. The minimum Gasteiger partial charge on any atom is -0.292 e. The molecule has 90 valence electrons. The van der Waals surface area contributed by atoms with E-state index in [0.29, 0.717) is 11.2 Å². The van der Waals surface area contributed by atoms with Gasteiger partial charge in [-0.1, -0.05) is 13.8 Å². The highest BCUT2D eigenvalue weighted by Gasteiger charge is 2.22. The van der Waals surface area contributed by atoms with Gasteiger partial charge in [0.1, 0.15) is 16.7 Å². The third kappa shape index (κ3) is 1.95. The van der Waals surface area contributed by atoms with Gasteiger partial charge in [-0.25, -0.2) is 0 Å². The second-order valence-electron chi connectivity index (χ2n) is 4.78. The van der Waals surface area contributed by atoms with Crippen LogP contribution in [0.4, 0.5) is 0 Å². The van der Waals surface area contributed by atoms with Crippen LogP contribution in [0.2, 0.25) is 0 Å². The van der Waals surface area contributed by atoms with Crippen LogP contribution in [0.1, 0.15) is 44.2 Å². The van der Waals surface area contributed by atoms with Gasteiger partial charge in [-0.15, -0.1) is 0 Å². The van der Waals surface area contributed by atoms with Crippen molar-refractivity contribution in [1.29, 1.82) is 0 Å². The van der Waals surface area contributed by atoms with Crippen molar-refractivity contribution in [3.8, 4) is 0 Å². The molecule has 0 fully saturated rings. The molecule has 0 aliphatic carbocycles. The van der Waals surface area contributed by atoms with Crippen LogP contribution >= 0.6 is 0 Å². The summed E-state index contributed by atoms with van der Waals surface area (Å²) in [4.78, 5) is 16.5. The van der Waals surface area contributed by atoms with Crippen molar-refractivity contribution in [1.82, 2.24) is 14.8 Å². The van der Waals surface area contributed by atoms with E-state index in [0.717, 1.165) is 5.52 Å². The molecule has 2 aromatic rings. The normalized spacial score (nSPS) is 11.6. The lowest BCUT2D eigenvalue weighted by atomic mass is 10.1. The first-order chi connectivity index (χ1) is 8.02. The van der Waals surface area contributed by atoms with Gasteiger partial charge in [0.15, 0.2) is 5.78 Å². The molecule has 0 N–H and O–H groups in total. The molecule has 0 amide bonds. The van der Waals surface area contributed by atoms with Gasteiger partial charge >= 0.3 is 0 Å². The molecule has 0 saturated heterocycles. The van der Waals surface area contributed by atoms with Crippen molar-refractivity contribution < 1.29 is 4.79 Å². The van der Waals surface area contributed by atoms with Gasteiger partial charge in [0, 0.05) is 18.2 Å². The predicted octanol–water partition coefficient (Wildman–Crippen LogP) is 2.85. The highest BCUT2D eigenvalue weighted by atomic mass is 16.1. The maximum Gasteiger partial charge on any atom is 0.185 e. The Balaban J connectivity index is 2.72. The van der Waals surface area contributed by atoms with Gasteiger partial charge in [0.2, 0.25) is 0 Å². The molecule has 0 saturated carbocycles. The second-order valence-corrected chi connectivity index (χ2v) is 4.78. The average molecular weight is 231 g/mol. The van der Waals surface area contributed by atoms with Crippen LogP contribution in [0.25, 0.3) is 11.0 Å². The second kappa shape index (κ2) is 4.28. The molecule has 4 heteroatoms. The van der Waals surface area contributed by atoms with Crippen molar-refractivity contribution in [2.75, 3.05) is 0 Å². The van der Waals surface area contributed by atoms with E-state index in [9.17, 15) is 4.79 Å². The molecule has 4 nitrogen and oxygen atoms in total. The van der Waals surface area contributed by atoms with Crippen LogP contribution < -0.4 is 0 Å². The monoisotopic (exact) mass is 231 g/mol. The lowest BCUT2D eigenvalue weighted by Crippen LogP contribution is -2.16. The summed E-state index contributed by atoms with van der Waals surface area (Å²) in [6.45, 7) is 7.83. The Kier molecular flexibility index (Phi) is 2.96. The van der Waals surface area contributed by atoms with Crippen molar-refractivity contribution in [2.24, 2.45) is 5.92 Å². The van der Waals surface area contributed by atoms with Crippen LogP contribution in [-0.4, -0.2) is 20.5 Å². The quantitative estimate of drug-likeness (QED) is 0.763. The Morgan fingerprint density at radius 2 is 2.00 bits per heavy atom. The minimum atomic E-state index is -0.0468. The molecule has 2 rings (SSSR count). The number of Topliss-reactive ketones (excluding diaryl/α,β-unsaturated/α-hetero) is 1. The lowest BCUT2D eigenvalue weighted by molar-refractivity contribution is 0.0928. The summed E-state index contributed by atoms with van der Waals surface area (Å²) in [5.41, 5.74) is 2.12. The van der Waals surface area contributed by atoms with Gasteiger partial charge < -0.3 is 0 Å². The van der Waals surface area contributed by atoms with Crippen molar-refractivity contribution in [3.05, 3.63) is 24.0 Å². The number of hydrogen-bond donors (Lipinski definition) is 0. The van der Waals surface area contributed by atoms with Crippen molar-refractivity contribution in [3.63, 3.8) is 0 Å². The molecule has 0 bridgehead atoms. The van der Waals surface area contributed by atoms with E-state index < -0.39 is 0 Å². The molecule has 17 heavy (non-hydrogen) atoms. The number of carbonyl (C=O) groups is 1. The van der Waals surface area contributed by atoms with E-state index in [2.05, 4.69) is 10.1 Å². The molecule has 0 aliphatic rings. The van der Waals surface area contributed by atoms with Crippen molar-refractivity contribution in [2.45, 2.75) is 33.7 Å². The number of ketones is 1. The number of hydrogen-bond acceptors (Lipinski definition) is 3. The van der Waals surface area contributed by atoms with Crippen LogP contribution in [0.5, 0.6) is 0 Å². The maximum absolute atomic E-state index is 12.2. The Morgan fingerprint density at radius 3 is 2.59 bits per heavy atom. The van der Waals surface area contributed by atoms with Gasteiger partial charge in [0.25, 0.3) is 0 Å². The largest absolute Gasteiger partial charge is 0.292 e. The molecule has 0 aromatic carbocycles. The first-order valence-corrected chi connectivity index (χ1v) is 5.89. The van der Waals surface area contributed by atoms with Crippen LogP contribution in [0.15, 0.2) is 18.3 Å². The Labute approximate surface area is 101 Å². The fourth-order valence-corrected chi connectivity index (χ4v) is 1.81. The average Bonchev–Trinajstić information content (AvgIpc) is 2.67. The molecular weight excluding hydrogens is 214 g/mol. The molecule has 0 unspecified atom stereocenters. The van der Waals surface area contributed by atoms with Crippen LogP contribution in [0.3, 0.4) is 0 Å². The molecule has 2 heterocycles. The third-order valence-corrected chi connectivity index (χ3v) is 2.70. The number of carbonyl (C=O) groups excluding carboxylic acids is 1. The minimum absolute atomic E-state index is 0.0468. The fraction of sp³-hybridized carbons (Fsp3) is 0.462. The lowest BCUT2D eigenvalue weighted by Gasteiger charge is -2.11. The van der Waals surface area contributed by atoms with E-state index >= 15 is 0 Å². The SMILES string of the molecule is CC(C)C(=O)c1c2ncccc2nn1C(C)C. The standard InChI is InChI=1S/C13H17N3O/c1-8(2)13(17)12-11-10(6-5-7-14-11)15-16(12)9(3)4/h5-9H,1-4H3. The summed E-state index contributed by atoms with van der Waals surface area (Å²) >= 11 is 0. The van der Waals surface area contributed by atoms with Gasteiger partial charge in [-0.2, -0.15) is 5.10 Å². The Hall–Kier alpha value is -1.71. The molecule has 0 spiro atoms. The number of nitrogens with zero attached hydrogens (tertiary/aromatic N) is 3. The zero-order valence-corrected chi connectivity index (χ0v) is 10.6. The number of aromatic nitrogens is 3. The van der Waals surface area contributed by atoms with E-state index in [-0.39, 0.29) is 17.7 Å². The number of rotatable bonds is 3. The van der Waals surface area contributed by atoms with Gasteiger partial charge in [-0.05, 0) is 26.0 Å². The van der Waals surface area contributed by atoms with Crippen LogP contribution in [-0.2, 0) is 0 Å². The van der Waals surface area contributed by atoms with Crippen LogP contribution in [0, 0.1) is 5.92 Å². The molecule has 0 atom stereocenters. The van der Waals surface area contributed by atoms with Gasteiger partial charge in [-0.3, -0.25) is 14.5 Å². The molecule has 2 aromatic heterocycles. The van der Waals surface area contributed by atoms with Crippen molar-refractivity contribution >= 4 is 16.8 Å². The maximum atomic E-state index is 12.2. The molecular formula is C13H17N3O. The smallest absolute Gasteiger partial charge is 0.185 e. The summed E-state index contributed by atoms with van der Waals surface area (Å²) in [5.74, 6) is 0.0503. The molecule has 0 aliphatic heterocycles. The predicted molar refractivity (Wildman–Crippen MR) is 67.1 cm³/mol. The van der Waals surface area contributed by atoms with E-state index in [1.54, 1.807) is 10.9 Å². The van der Waals surface area contributed by atoms with E-state index in [1.165, 1.54) is 0 Å². The zero-order chi connectivity index (χ0) is 12.6. The Bertz CT molecular complexity index is 555. The Morgan fingerprint density at radius 1 is 1.29 bits per heavy atom. The molecule has 0 radical (unpaired) electrons. The third-order valence-electron chi connectivity index (χ3n) is 2.70. The van der Waals surface area contributed by atoms with E-state index in [4.69, 9.17) is 0 Å². The summed E-state index contributed by atoms with van der Waals surface area (Å²) in [5, 5.41) is 4.45. The highest BCUT2D eigenvalue weighted by Crippen LogP contribution is 2.22. The first kappa shape index (κ1) is 11.8. The number of pyridine rings is 1. The topological polar surface area (TPSA) is 47.8 Å². The first-order valence-electron chi connectivity index (χ1n) is 5.89. The zero-order valence-electron chi connectivity index (χ0n) is 10.6. The fourth-order valence-electron chi connectivity index (χ4n) is 1.81. The number of fused-ring (bicyclic) bond motifs is 1. The summed E-state index contributed by atoms with van der Waals surface area (Å²) in [6, 6.07) is 3.88. The van der Waals surface area contributed by atoms with E-state index in [1.807, 2.05) is 39.8 Å². The summed E-state index contributed by atoms with van der Waals surface area (Å²) in [7, 11) is 0. The summed E-state index contributed by atoms with van der Waals surface area (Å²) in [6.07, 6.45) is 1.70. The van der Waals surface area contributed by atoms with Gasteiger partial charge in [0.05, 0.1) is 0 Å².